The number of carbonyl (C=O) groups excluding carboxylic acids is 2. The first kappa shape index (κ1) is 52.5. The Morgan fingerprint density at radius 2 is 1.53 bits per heavy atom. The number of benzene rings is 4. The maximum Gasteiger partial charge on any atom is 0.295 e. The molecule has 0 atom stereocenters. The van der Waals surface area contributed by atoms with Gasteiger partial charge in [-0.05, 0) is 108 Å². The molecule has 370 valence electrons. The van der Waals surface area contributed by atoms with Gasteiger partial charge in [-0.25, -0.2) is 27.7 Å². The van der Waals surface area contributed by atoms with Gasteiger partial charge < -0.3 is 13.4 Å². The van der Waals surface area contributed by atoms with E-state index in [1.807, 2.05) is 48.5 Å². The van der Waals surface area contributed by atoms with E-state index in [-0.39, 0.29) is 28.8 Å². The van der Waals surface area contributed by atoms with Gasteiger partial charge in [-0.2, -0.15) is 8.42 Å². The fourth-order valence-corrected chi connectivity index (χ4v) is 21.1. The molecule has 20 heteroatoms. The number of thioether (sulfide) groups is 1. The van der Waals surface area contributed by atoms with Crippen molar-refractivity contribution in [2.24, 2.45) is 0 Å². The van der Waals surface area contributed by atoms with Crippen molar-refractivity contribution >= 4 is 82.7 Å². The molecule has 7 rings (SSSR count). The second-order valence-corrected chi connectivity index (χ2v) is 31.6. The highest BCUT2D eigenvalue weighted by Crippen LogP contribution is 2.44. The second-order valence-electron chi connectivity index (χ2n) is 18.2. The summed E-state index contributed by atoms with van der Waals surface area (Å²) in [5, 5.41) is 2.65. The van der Waals surface area contributed by atoms with Crippen LogP contribution in [0, 0.1) is 0 Å². The van der Waals surface area contributed by atoms with Crippen molar-refractivity contribution < 1.29 is 39.5 Å². The number of rotatable bonds is 21. The molecule has 2 aliphatic heterocycles. The van der Waals surface area contributed by atoms with E-state index >= 15 is 0 Å². The summed E-state index contributed by atoms with van der Waals surface area (Å²) in [5.74, 6) is -0.0814. The molecule has 2 N–H and O–H groups in total. The van der Waals surface area contributed by atoms with Crippen LogP contribution in [-0.4, -0.2) is 96.3 Å². The number of nitrogens with one attached hydrogen (secondary N) is 1. The van der Waals surface area contributed by atoms with Crippen LogP contribution >= 0.6 is 11.8 Å². The maximum atomic E-state index is 13.9. The largest absolute Gasteiger partial charge is 0.456 e. The summed E-state index contributed by atoms with van der Waals surface area (Å²) >= 11 is 1.45. The first-order chi connectivity index (χ1) is 33.2. The van der Waals surface area contributed by atoms with Crippen molar-refractivity contribution in [2.75, 3.05) is 36.5 Å². The van der Waals surface area contributed by atoms with Gasteiger partial charge in [0, 0.05) is 101 Å². The van der Waals surface area contributed by atoms with Crippen LogP contribution in [-0.2, 0) is 46.8 Å². The van der Waals surface area contributed by atoms with Crippen molar-refractivity contribution in [3.8, 4) is 22.5 Å². The van der Waals surface area contributed by atoms with E-state index in [0.29, 0.717) is 63.5 Å². The minimum Gasteiger partial charge on any atom is -0.456 e. The number of nitrogens with zero attached hydrogens (tertiary/aromatic N) is 5. The van der Waals surface area contributed by atoms with E-state index in [1.165, 1.54) is 58.9 Å². The molecule has 0 saturated carbocycles. The third-order valence-electron chi connectivity index (χ3n) is 12.2. The summed E-state index contributed by atoms with van der Waals surface area (Å²) < 4.78 is 83.4. The first-order valence-corrected chi connectivity index (χ1v) is 33.5. The van der Waals surface area contributed by atoms with Crippen LogP contribution in [0.3, 0.4) is 0 Å². The van der Waals surface area contributed by atoms with E-state index < -0.39 is 41.7 Å². The number of amides is 2. The zero-order valence-corrected chi connectivity index (χ0v) is 45.3. The molecule has 1 aromatic heterocycles. The molecule has 0 bridgehead atoms. The van der Waals surface area contributed by atoms with E-state index in [9.17, 15) is 31.0 Å². The summed E-state index contributed by atoms with van der Waals surface area (Å²) in [6, 6.07) is 24.2. The average molecular weight is 1040 g/mol. The molecule has 0 radical (unpaired) electrons. The molecule has 3 aliphatic rings. The van der Waals surface area contributed by atoms with Gasteiger partial charge in [0.1, 0.15) is 29.3 Å². The van der Waals surface area contributed by atoms with Crippen LogP contribution < -0.4 is 19.6 Å². The molecular weight excluding hydrogens is 981 g/mol. The van der Waals surface area contributed by atoms with Crippen molar-refractivity contribution in [1.82, 2.24) is 24.2 Å². The number of para-hydroxylation sites is 1. The van der Waals surface area contributed by atoms with Gasteiger partial charge in [-0.15, -0.1) is 0 Å². The molecule has 0 spiro atoms. The lowest BCUT2D eigenvalue weighted by Crippen LogP contribution is -2.46. The maximum absolute atomic E-state index is 13.9. The van der Waals surface area contributed by atoms with Gasteiger partial charge in [-0.3, -0.25) is 19.0 Å². The van der Waals surface area contributed by atoms with Crippen LogP contribution in [0.5, 0.6) is 0 Å². The summed E-state index contributed by atoms with van der Waals surface area (Å²) in [4.78, 5) is 35.3. The van der Waals surface area contributed by atoms with Crippen molar-refractivity contribution in [1.29, 1.82) is 0 Å². The zero-order valence-electron chi connectivity index (χ0n) is 40.9. The summed E-state index contributed by atoms with van der Waals surface area (Å²) in [6.45, 7) is 19.2. The Balaban J connectivity index is 1.12. The summed E-state index contributed by atoms with van der Waals surface area (Å²) in [6.07, 6.45) is 7.16. The highest BCUT2D eigenvalue weighted by molar-refractivity contribution is 8.00. The normalized spacial score (nSPS) is 13.5. The SMILES string of the molecule is CCc1ccccc1N(CC)c1ccc2c(-c3ccc(S(=O)(=O)NCc4cnc(SC[Si](C)(C)O[Si](C)(C)CCCN5C(=O)C=CC5=O)nc4)cc3S(=O)(=O)O)c3ccc(=[N+](CC)CC)cc-3oc2c1. The Labute approximate surface area is 417 Å². The Hall–Kier alpha value is -5.33. The number of aryl methyl sites for hydroxylation is 1. The van der Waals surface area contributed by atoms with E-state index in [2.05, 4.69) is 90.2 Å². The Bertz CT molecular complexity index is 3210. The van der Waals surface area contributed by atoms with E-state index in [0.717, 1.165) is 48.4 Å². The smallest absolute Gasteiger partial charge is 0.295 e. The van der Waals surface area contributed by atoms with Crippen LogP contribution in [0.2, 0.25) is 32.2 Å². The van der Waals surface area contributed by atoms with E-state index in [4.69, 9.17) is 8.53 Å². The summed E-state index contributed by atoms with van der Waals surface area (Å²) in [7, 11) is -13.7. The monoisotopic (exact) mass is 1040 g/mol. The number of fused-ring (bicyclic) bond motifs is 2. The molecule has 0 saturated heterocycles. The molecule has 1 aliphatic carbocycles. The molecule has 3 aromatic carbocycles. The Morgan fingerprint density at radius 3 is 2.19 bits per heavy atom. The van der Waals surface area contributed by atoms with Crippen LogP contribution in [0.25, 0.3) is 33.4 Å². The molecule has 2 amide bonds. The van der Waals surface area contributed by atoms with Gasteiger partial charge >= 0.3 is 0 Å². The predicted molar refractivity (Wildman–Crippen MR) is 281 cm³/mol. The number of sulfonamides is 1. The van der Waals surface area contributed by atoms with Crippen LogP contribution in [0.15, 0.2) is 123 Å². The number of imide groups is 1. The quantitative estimate of drug-likeness (QED) is 0.0133. The third-order valence-corrected chi connectivity index (χ3v) is 24.3. The summed E-state index contributed by atoms with van der Waals surface area (Å²) in [5.41, 5.74) is 5.18. The molecular formula is C50H61N6O9S3Si2+. The van der Waals surface area contributed by atoms with Crippen molar-refractivity contribution in [3.05, 3.63) is 120 Å². The minimum atomic E-state index is -5.00. The number of carbonyl (C=O) groups is 2. The number of anilines is 2. The lowest BCUT2D eigenvalue weighted by Gasteiger charge is -2.34. The van der Waals surface area contributed by atoms with Crippen LogP contribution in [0.1, 0.15) is 45.2 Å². The lowest BCUT2D eigenvalue weighted by atomic mass is 9.93. The highest BCUT2D eigenvalue weighted by Gasteiger charge is 2.34. The third kappa shape index (κ3) is 12.0. The first-order valence-electron chi connectivity index (χ1n) is 23.4. The zero-order chi connectivity index (χ0) is 50.6. The van der Waals surface area contributed by atoms with Gasteiger partial charge in [0.25, 0.3) is 21.9 Å². The number of hydrogen-bond acceptors (Lipinski definition) is 12. The standard InChI is InChI=1S/C50H60N6O9S3Si2/c1-9-36-16-13-14-17-43(36)55(12-4)38-19-22-41-45(29-38)64-44-28-37(54(10-2)11-3)18-21-40(44)49(41)42-23-20-39(30-46(42)68(61,62)63)67(59,60)53-33-35-31-51-50(52-32-35)66-34-70(7,8)65-69(5,6)27-15-26-56-47(57)24-25-48(56)58/h13-14,16-25,28-32,53H,9-12,15,26-27,33-34H2,1-8H3/p+1. The van der Waals surface area contributed by atoms with Gasteiger partial charge in [0.05, 0.1) is 11.0 Å². The number of aromatic nitrogens is 2. The Kier molecular flexibility index (Phi) is 16.2. The molecule has 3 heterocycles. The predicted octanol–water partition coefficient (Wildman–Crippen LogP) is 8.63. The van der Waals surface area contributed by atoms with Gasteiger partial charge in [0.2, 0.25) is 15.4 Å². The van der Waals surface area contributed by atoms with Gasteiger partial charge in [-0.1, -0.05) is 43.0 Å². The van der Waals surface area contributed by atoms with E-state index in [1.54, 1.807) is 0 Å². The molecule has 70 heavy (non-hydrogen) atoms. The fraction of sp³-hybridized carbons (Fsp3) is 0.340. The van der Waals surface area contributed by atoms with Gasteiger partial charge in [0.15, 0.2) is 21.8 Å². The van der Waals surface area contributed by atoms with Crippen molar-refractivity contribution in [2.45, 2.75) is 94.3 Å². The van der Waals surface area contributed by atoms with Crippen LogP contribution in [0.4, 0.5) is 11.4 Å². The van der Waals surface area contributed by atoms with Crippen molar-refractivity contribution in [3.63, 3.8) is 0 Å². The fourth-order valence-electron chi connectivity index (χ4n) is 8.92. The Morgan fingerprint density at radius 1 is 0.843 bits per heavy atom. The second kappa shape index (κ2) is 21.6. The molecule has 0 fully saturated rings. The lowest BCUT2D eigenvalue weighted by molar-refractivity contribution is -0.136. The molecule has 0 unspecified atom stereocenters. The highest BCUT2D eigenvalue weighted by atomic mass is 32.2. The molecule has 4 aromatic rings. The molecule has 15 nitrogen and oxygen atoms in total. The topological polar surface area (TPSA) is 192 Å². The average Bonchev–Trinajstić information content (AvgIpc) is 3.64. The number of hydrogen-bond donors (Lipinski definition) is 2. The minimum absolute atomic E-state index is 0.106.